The summed E-state index contributed by atoms with van der Waals surface area (Å²) >= 11 is 4.25. The molecular weight excluding hydrogens is 1410 g/mol. The van der Waals surface area contributed by atoms with Gasteiger partial charge in [-0.15, -0.1) is 0 Å². The highest BCUT2D eigenvalue weighted by atomic mass is 79.9. The van der Waals surface area contributed by atoms with E-state index >= 15 is 0 Å². The maximum atomic E-state index is 13.0. The second-order valence-corrected chi connectivity index (χ2v) is 39.3. The Bertz CT molecular complexity index is 5270. The van der Waals surface area contributed by atoms with Crippen LogP contribution in [-0.4, -0.2) is 34.6 Å². The Hall–Kier alpha value is -9.32. The van der Waals surface area contributed by atoms with E-state index in [-0.39, 0.29) is 11.9 Å². The lowest BCUT2D eigenvalue weighted by Crippen LogP contribution is -2.21. The van der Waals surface area contributed by atoms with Gasteiger partial charge in [-0.25, -0.2) is 0 Å². The van der Waals surface area contributed by atoms with Gasteiger partial charge in [0.2, 0.25) is 0 Å². The fourth-order valence-electron chi connectivity index (χ4n) is 14.5. The Labute approximate surface area is 656 Å². The largest absolute Gasteiger partial charge is 0.426 e. The van der Waals surface area contributed by atoms with Crippen LogP contribution in [0.3, 0.4) is 0 Å². The first kappa shape index (κ1) is 82.2. The fraction of sp³-hybridized carbons (Fsp3) is 0.394. The first-order valence-corrected chi connectivity index (χ1v) is 38.7. The molecule has 0 radical (unpaired) electrons. The topological polar surface area (TPSA) is 125 Å². The summed E-state index contributed by atoms with van der Waals surface area (Å²) in [5.74, 6) is 15.5. The minimum absolute atomic E-state index is 0.376. The molecule has 0 fully saturated rings. The first-order chi connectivity index (χ1) is 49.9. The third kappa shape index (κ3) is 17.5. The van der Waals surface area contributed by atoms with E-state index in [0.29, 0.717) is 28.6 Å². The van der Waals surface area contributed by atoms with Gasteiger partial charge in [0.1, 0.15) is 28.6 Å². The van der Waals surface area contributed by atoms with Gasteiger partial charge in [0.15, 0.2) is 0 Å². The summed E-state index contributed by atoms with van der Waals surface area (Å²) in [4.78, 5) is 51.9. The van der Waals surface area contributed by atoms with Crippen molar-refractivity contribution in [1.82, 2.24) is 0 Å². The standard InChI is InChI=1S/C99H111BrO9/c1-55(101)106-87-78(91(5,6)7)47-63(48-79(87)92(8,9)10)59-31-35-68-67(69-36-32-60(44-75(69)72(74(68)43-59)41-42-99(29,30)105)64-49-80(93(11,12)13)88(107-56(2)102)81(50-64)94(14,15)16)39-40-70-71-37-33-62(66-53-84(97(23,24)25)90(109-58(4)104)85(54-66)98(26,27)28)46-77(71)86(100)73-38-34-61(45-76(70)73)65-51-82(95(17,18)19)89(108-57(3)103)83(52-65)96(20,21)22/h31-38,43-54,105H,1-30H3. The summed E-state index contributed by atoms with van der Waals surface area (Å²) in [5, 5.41) is 18.7. The summed E-state index contributed by atoms with van der Waals surface area (Å²) in [6.07, 6.45) is 0. The Morgan fingerprint density at radius 2 is 0.459 bits per heavy atom. The summed E-state index contributed by atoms with van der Waals surface area (Å²) in [5.41, 5.74) is 12.1. The first-order valence-electron chi connectivity index (χ1n) is 37.9. The molecule has 0 unspecified atom stereocenters. The maximum absolute atomic E-state index is 13.0. The van der Waals surface area contributed by atoms with E-state index in [4.69, 9.17) is 18.9 Å². The van der Waals surface area contributed by atoms with E-state index in [1.165, 1.54) is 27.7 Å². The van der Waals surface area contributed by atoms with Crippen molar-refractivity contribution in [3.63, 3.8) is 0 Å². The predicted molar refractivity (Wildman–Crippen MR) is 456 cm³/mol. The highest BCUT2D eigenvalue weighted by Gasteiger charge is 2.35. The third-order valence-electron chi connectivity index (χ3n) is 20.1. The molecule has 10 heteroatoms. The van der Waals surface area contributed by atoms with Crippen molar-refractivity contribution in [1.29, 1.82) is 0 Å². The van der Waals surface area contributed by atoms with Gasteiger partial charge in [-0.1, -0.05) is 238 Å². The summed E-state index contributed by atoms with van der Waals surface area (Å²) in [7, 11) is 0. The molecule has 0 atom stereocenters. The molecule has 0 amide bonds. The molecular formula is C99H111BrO9. The molecule has 0 bridgehead atoms. The van der Waals surface area contributed by atoms with Crippen molar-refractivity contribution >= 4 is 82.9 Å². The molecule has 0 saturated carbocycles. The zero-order chi connectivity index (χ0) is 81.1. The second kappa shape index (κ2) is 28.8. The lowest BCUT2D eigenvalue weighted by atomic mass is 9.77. The van der Waals surface area contributed by atoms with E-state index in [0.717, 1.165) is 148 Å². The van der Waals surface area contributed by atoms with Crippen molar-refractivity contribution in [2.45, 2.75) is 257 Å². The zero-order valence-corrected chi connectivity index (χ0v) is 71.7. The summed E-state index contributed by atoms with van der Waals surface area (Å²) < 4.78 is 25.6. The van der Waals surface area contributed by atoms with Crippen LogP contribution in [0, 0.1) is 23.7 Å². The van der Waals surface area contributed by atoms with Crippen LogP contribution in [0.5, 0.6) is 23.0 Å². The van der Waals surface area contributed by atoms with Gasteiger partial charge >= 0.3 is 23.9 Å². The average Bonchev–Trinajstić information content (AvgIpc) is 0.738. The van der Waals surface area contributed by atoms with E-state index in [1.807, 2.05) is 0 Å². The molecule has 0 aliphatic rings. The Morgan fingerprint density at radius 3 is 0.679 bits per heavy atom. The van der Waals surface area contributed by atoms with E-state index < -0.39 is 60.9 Å². The van der Waals surface area contributed by atoms with Crippen molar-refractivity contribution in [3.8, 4) is 91.2 Å². The van der Waals surface area contributed by atoms with Crippen LogP contribution in [0.4, 0.5) is 0 Å². The van der Waals surface area contributed by atoms with Crippen LogP contribution in [0.25, 0.3) is 87.6 Å². The minimum atomic E-state index is -1.40. The summed E-state index contributed by atoms with van der Waals surface area (Å²) in [6.45, 7) is 60.6. The molecule has 568 valence electrons. The highest BCUT2D eigenvalue weighted by molar-refractivity contribution is 9.10. The monoisotopic (exact) mass is 1520 g/mol. The molecule has 9 nitrogen and oxygen atoms in total. The van der Waals surface area contributed by atoms with Crippen LogP contribution < -0.4 is 18.9 Å². The smallest absolute Gasteiger partial charge is 0.308 e. The second-order valence-electron chi connectivity index (χ2n) is 38.5. The number of hydrogen-bond donors (Lipinski definition) is 1. The predicted octanol–water partition coefficient (Wildman–Crippen LogP) is 25.3. The van der Waals surface area contributed by atoms with Crippen molar-refractivity contribution in [2.75, 3.05) is 0 Å². The maximum Gasteiger partial charge on any atom is 0.308 e. The number of benzene rings is 10. The number of halogens is 1. The normalized spacial score (nSPS) is 12.8. The van der Waals surface area contributed by atoms with Gasteiger partial charge in [0.25, 0.3) is 0 Å². The van der Waals surface area contributed by atoms with E-state index in [2.05, 4.69) is 327 Å². The number of ether oxygens (including phenoxy) is 4. The lowest BCUT2D eigenvalue weighted by Gasteiger charge is -2.30. The highest BCUT2D eigenvalue weighted by Crippen LogP contribution is 2.51. The molecule has 0 aliphatic carbocycles. The molecule has 10 aromatic carbocycles. The van der Waals surface area contributed by atoms with Crippen LogP contribution in [0.1, 0.15) is 269 Å². The molecule has 0 heterocycles. The molecule has 0 aromatic heterocycles. The van der Waals surface area contributed by atoms with Gasteiger partial charge in [0, 0.05) is 93.4 Å². The number of fused-ring (bicyclic) bond motifs is 4. The Morgan fingerprint density at radius 1 is 0.266 bits per heavy atom. The van der Waals surface area contributed by atoms with Gasteiger partial charge < -0.3 is 24.1 Å². The number of hydrogen-bond acceptors (Lipinski definition) is 9. The van der Waals surface area contributed by atoms with Gasteiger partial charge in [-0.3, -0.25) is 19.2 Å². The molecule has 0 aliphatic heterocycles. The lowest BCUT2D eigenvalue weighted by molar-refractivity contribution is -0.133. The van der Waals surface area contributed by atoms with Crippen LogP contribution in [0.15, 0.2) is 126 Å². The molecule has 10 aromatic rings. The molecule has 0 spiro atoms. The number of rotatable bonds is 8. The van der Waals surface area contributed by atoms with Crippen LogP contribution in [-0.2, 0) is 62.5 Å². The van der Waals surface area contributed by atoms with Crippen LogP contribution >= 0.6 is 15.9 Å². The van der Waals surface area contributed by atoms with Crippen molar-refractivity contribution in [2.24, 2.45) is 0 Å². The Balaban J connectivity index is 1.40. The summed E-state index contributed by atoms with van der Waals surface area (Å²) in [6, 6.07) is 43.4. The molecule has 0 saturated heterocycles. The number of esters is 4. The zero-order valence-electron chi connectivity index (χ0n) is 70.1. The SMILES string of the molecule is CC(=O)Oc1c(C(C)(C)C)cc(-c2ccc3c(C#Cc4c5ccc(-c6cc(C(C)(C)C)c(OC(C)=O)c(C(C)(C)C)c6)cc5c(C#CC(C)(C)O)c5cc(-c6cc(C(C)(C)C)c(OC(C)=O)c(C(C)(C)C)c6)ccc45)c4cc(-c5cc(C(C)(C)C)c(OC(C)=O)c(C(C)(C)C)c5)ccc4c(Br)c3c2)cc1C(C)(C)C. The molecule has 10 rings (SSSR count). The number of aliphatic hydroxyl groups is 1. The minimum Gasteiger partial charge on any atom is -0.426 e. The Kier molecular flexibility index (Phi) is 21.7. The number of carbonyl (C=O) groups is 4. The average molecular weight is 1520 g/mol. The fourth-order valence-corrected chi connectivity index (χ4v) is 15.2. The van der Waals surface area contributed by atoms with Gasteiger partial charge in [-0.05, 0) is 233 Å². The van der Waals surface area contributed by atoms with E-state index in [1.54, 1.807) is 13.8 Å². The molecule has 109 heavy (non-hydrogen) atoms. The van der Waals surface area contributed by atoms with Crippen molar-refractivity contribution in [3.05, 3.63) is 187 Å². The van der Waals surface area contributed by atoms with Gasteiger partial charge in [0.05, 0.1) is 0 Å². The van der Waals surface area contributed by atoms with Gasteiger partial charge in [-0.2, -0.15) is 0 Å². The number of carbonyl (C=O) groups excluding carboxylic acids is 4. The van der Waals surface area contributed by atoms with E-state index in [9.17, 15) is 24.3 Å². The molecule has 1 N–H and O–H groups in total. The van der Waals surface area contributed by atoms with Crippen LogP contribution in [0.2, 0.25) is 0 Å². The quantitative estimate of drug-likeness (QED) is 0.0685. The van der Waals surface area contributed by atoms with Crippen molar-refractivity contribution < 1.29 is 43.2 Å². The third-order valence-corrected chi connectivity index (χ3v) is 21.0.